The number of aromatic hydroxyl groups is 1. The standard InChI is InChI=1S/C28H34O3/c1-5-22-12-7-9-16-27(22)30-20(3)18-24-14-11-15-26(29)25(24)19-21(4)31-28-17-10-8-13-23(28)6-2/h7-17,20-21,29H,5-6,18-19H2,1-4H3. The highest BCUT2D eigenvalue weighted by molar-refractivity contribution is 5.41. The molecule has 3 aromatic rings. The summed E-state index contributed by atoms with van der Waals surface area (Å²) in [6.45, 7) is 8.40. The smallest absolute Gasteiger partial charge is 0.122 e. The first-order valence-electron chi connectivity index (χ1n) is 11.3. The van der Waals surface area contributed by atoms with Crippen LogP contribution in [0.1, 0.15) is 49.9 Å². The van der Waals surface area contributed by atoms with Crippen molar-refractivity contribution >= 4 is 0 Å². The number of aryl methyl sites for hydroxylation is 2. The second-order valence-corrected chi connectivity index (χ2v) is 8.10. The lowest BCUT2D eigenvalue weighted by molar-refractivity contribution is 0.212. The highest BCUT2D eigenvalue weighted by Crippen LogP contribution is 2.28. The third-order valence-electron chi connectivity index (χ3n) is 5.61. The summed E-state index contributed by atoms with van der Waals surface area (Å²) in [6.07, 6.45) is 3.16. The summed E-state index contributed by atoms with van der Waals surface area (Å²) in [5, 5.41) is 10.6. The average molecular weight is 419 g/mol. The highest BCUT2D eigenvalue weighted by Gasteiger charge is 2.17. The van der Waals surface area contributed by atoms with Crippen molar-refractivity contribution in [2.24, 2.45) is 0 Å². The van der Waals surface area contributed by atoms with Gasteiger partial charge < -0.3 is 14.6 Å². The third-order valence-corrected chi connectivity index (χ3v) is 5.61. The molecule has 3 rings (SSSR count). The van der Waals surface area contributed by atoms with Crippen LogP contribution in [-0.4, -0.2) is 17.3 Å². The molecule has 0 bridgehead atoms. The molecule has 3 nitrogen and oxygen atoms in total. The Hall–Kier alpha value is -2.94. The van der Waals surface area contributed by atoms with Crippen LogP contribution < -0.4 is 9.47 Å². The van der Waals surface area contributed by atoms with E-state index in [1.165, 1.54) is 11.1 Å². The first-order valence-corrected chi connectivity index (χ1v) is 11.3. The van der Waals surface area contributed by atoms with E-state index in [1.807, 2.05) is 42.5 Å². The molecule has 0 saturated carbocycles. The van der Waals surface area contributed by atoms with E-state index in [0.717, 1.165) is 41.9 Å². The Kier molecular flexibility index (Phi) is 8.00. The minimum absolute atomic E-state index is 0.00899. The van der Waals surface area contributed by atoms with E-state index in [9.17, 15) is 5.11 Å². The van der Waals surface area contributed by atoms with Crippen molar-refractivity contribution in [2.45, 2.75) is 65.6 Å². The SMILES string of the molecule is CCc1ccccc1OC(C)Cc1cccc(O)c1CC(C)Oc1ccccc1CC. The van der Waals surface area contributed by atoms with Crippen LogP contribution >= 0.6 is 0 Å². The monoisotopic (exact) mass is 418 g/mol. The number of ether oxygens (including phenoxy) is 2. The van der Waals surface area contributed by atoms with Crippen LogP contribution in [0.2, 0.25) is 0 Å². The lowest BCUT2D eigenvalue weighted by atomic mass is 9.96. The van der Waals surface area contributed by atoms with Gasteiger partial charge in [-0.3, -0.25) is 0 Å². The van der Waals surface area contributed by atoms with Crippen molar-refractivity contribution in [2.75, 3.05) is 0 Å². The maximum atomic E-state index is 10.6. The van der Waals surface area contributed by atoms with Gasteiger partial charge in [-0.05, 0) is 61.6 Å². The number of rotatable bonds is 10. The average Bonchev–Trinajstić information content (AvgIpc) is 2.77. The van der Waals surface area contributed by atoms with E-state index in [0.29, 0.717) is 12.2 Å². The maximum Gasteiger partial charge on any atom is 0.122 e. The molecular weight excluding hydrogens is 384 g/mol. The van der Waals surface area contributed by atoms with Crippen molar-refractivity contribution in [3.63, 3.8) is 0 Å². The van der Waals surface area contributed by atoms with Gasteiger partial charge in [-0.25, -0.2) is 0 Å². The molecule has 0 fully saturated rings. The van der Waals surface area contributed by atoms with E-state index in [-0.39, 0.29) is 12.2 Å². The van der Waals surface area contributed by atoms with Gasteiger partial charge in [0.05, 0.1) is 6.10 Å². The van der Waals surface area contributed by atoms with Gasteiger partial charge in [-0.2, -0.15) is 0 Å². The van der Waals surface area contributed by atoms with Crippen molar-refractivity contribution in [3.05, 3.63) is 89.0 Å². The molecule has 0 aliphatic carbocycles. The third kappa shape index (κ3) is 6.04. The van der Waals surface area contributed by atoms with E-state index < -0.39 is 0 Å². The topological polar surface area (TPSA) is 38.7 Å². The normalized spacial score (nSPS) is 12.9. The van der Waals surface area contributed by atoms with Crippen LogP contribution in [-0.2, 0) is 25.7 Å². The van der Waals surface area contributed by atoms with Crippen LogP contribution in [0.15, 0.2) is 66.7 Å². The van der Waals surface area contributed by atoms with Gasteiger partial charge in [-0.1, -0.05) is 62.4 Å². The Bertz CT molecular complexity index is 979. The van der Waals surface area contributed by atoms with Gasteiger partial charge in [0.25, 0.3) is 0 Å². The summed E-state index contributed by atoms with van der Waals surface area (Å²) in [5.74, 6) is 2.17. The second-order valence-electron chi connectivity index (χ2n) is 8.10. The molecule has 0 amide bonds. The van der Waals surface area contributed by atoms with Crippen LogP contribution in [0.5, 0.6) is 17.2 Å². The lowest BCUT2D eigenvalue weighted by Crippen LogP contribution is -2.20. The van der Waals surface area contributed by atoms with Gasteiger partial charge in [0, 0.05) is 18.4 Å². The first kappa shape index (κ1) is 22.7. The Balaban J connectivity index is 1.72. The molecule has 0 radical (unpaired) electrons. The van der Waals surface area contributed by atoms with Crippen LogP contribution in [0, 0.1) is 0 Å². The van der Waals surface area contributed by atoms with Gasteiger partial charge >= 0.3 is 0 Å². The Morgan fingerprint density at radius 1 is 0.645 bits per heavy atom. The summed E-state index contributed by atoms with van der Waals surface area (Å²) in [7, 11) is 0. The molecule has 1 N–H and O–H groups in total. The van der Waals surface area contributed by atoms with E-state index in [4.69, 9.17) is 9.47 Å². The van der Waals surface area contributed by atoms with Gasteiger partial charge in [-0.15, -0.1) is 0 Å². The van der Waals surface area contributed by atoms with Gasteiger partial charge in [0.2, 0.25) is 0 Å². The zero-order valence-corrected chi connectivity index (χ0v) is 19.1. The van der Waals surface area contributed by atoms with E-state index in [2.05, 4.69) is 45.9 Å². The van der Waals surface area contributed by atoms with Crippen molar-refractivity contribution in [3.8, 4) is 17.2 Å². The molecular formula is C28H34O3. The number of para-hydroxylation sites is 2. The van der Waals surface area contributed by atoms with E-state index in [1.54, 1.807) is 6.07 Å². The van der Waals surface area contributed by atoms with Crippen molar-refractivity contribution < 1.29 is 14.6 Å². The summed E-state index contributed by atoms with van der Waals surface area (Å²) >= 11 is 0. The summed E-state index contributed by atoms with van der Waals surface area (Å²) in [5.41, 5.74) is 4.44. The predicted octanol–water partition coefficient (Wildman–Crippen LogP) is 6.54. The fourth-order valence-corrected chi connectivity index (χ4v) is 3.98. The molecule has 0 heterocycles. The summed E-state index contributed by atoms with van der Waals surface area (Å²) in [6, 6.07) is 22.1. The lowest BCUT2D eigenvalue weighted by Gasteiger charge is -2.22. The fraction of sp³-hybridized carbons (Fsp3) is 0.357. The van der Waals surface area contributed by atoms with Crippen molar-refractivity contribution in [1.29, 1.82) is 0 Å². The highest BCUT2D eigenvalue weighted by atomic mass is 16.5. The van der Waals surface area contributed by atoms with Gasteiger partial charge in [0.15, 0.2) is 0 Å². The number of phenolic OH excluding ortho intramolecular Hbond substituents is 1. The fourth-order valence-electron chi connectivity index (χ4n) is 3.98. The Morgan fingerprint density at radius 3 is 1.68 bits per heavy atom. The second kappa shape index (κ2) is 10.9. The molecule has 0 aliphatic heterocycles. The van der Waals surface area contributed by atoms with E-state index >= 15 is 0 Å². The molecule has 0 spiro atoms. The molecule has 2 atom stereocenters. The van der Waals surface area contributed by atoms with Crippen LogP contribution in [0.3, 0.4) is 0 Å². The molecule has 3 heteroatoms. The first-order chi connectivity index (χ1) is 15.0. The number of hydrogen-bond donors (Lipinski definition) is 1. The Labute approximate surface area is 186 Å². The molecule has 3 aromatic carbocycles. The minimum Gasteiger partial charge on any atom is -0.508 e. The van der Waals surface area contributed by atoms with Crippen LogP contribution in [0.25, 0.3) is 0 Å². The quantitative estimate of drug-likeness (QED) is 0.406. The zero-order chi connectivity index (χ0) is 22.2. The molecule has 164 valence electrons. The minimum atomic E-state index is -0.0585. The molecule has 2 unspecified atom stereocenters. The van der Waals surface area contributed by atoms with Gasteiger partial charge in [0.1, 0.15) is 23.4 Å². The number of hydrogen-bond acceptors (Lipinski definition) is 3. The maximum absolute atomic E-state index is 10.6. The molecule has 31 heavy (non-hydrogen) atoms. The molecule has 0 aliphatic rings. The Morgan fingerprint density at radius 2 is 1.13 bits per heavy atom. The largest absolute Gasteiger partial charge is 0.508 e. The summed E-state index contributed by atoms with van der Waals surface area (Å²) < 4.78 is 12.5. The molecule has 0 aromatic heterocycles. The zero-order valence-electron chi connectivity index (χ0n) is 19.1. The number of benzene rings is 3. The number of phenols is 1. The predicted molar refractivity (Wildman–Crippen MR) is 127 cm³/mol. The van der Waals surface area contributed by atoms with Crippen LogP contribution in [0.4, 0.5) is 0 Å². The molecule has 0 saturated heterocycles. The van der Waals surface area contributed by atoms with Crippen molar-refractivity contribution in [1.82, 2.24) is 0 Å². The summed E-state index contributed by atoms with van der Waals surface area (Å²) in [4.78, 5) is 0.